The third-order valence-corrected chi connectivity index (χ3v) is 4.21. The average molecular weight is 287 g/mol. The summed E-state index contributed by atoms with van der Waals surface area (Å²) < 4.78 is 2.16. The number of para-hydroxylation sites is 1. The summed E-state index contributed by atoms with van der Waals surface area (Å²) in [6, 6.07) is 17.7. The Kier molecular flexibility index (Phi) is 3.17. The number of aromatic nitrogens is 2. The van der Waals surface area contributed by atoms with E-state index in [0.717, 1.165) is 25.2 Å². The van der Waals surface area contributed by atoms with E-state index in [1.807, 2.05) is 18.2 Å². The van der Waals surface area contributed by atoms with Crippen LogP contribution in [0.1, 0.15) is 17.0 Å². The third-order valence-electron chi connectivity index (χ3n) is 4.21. The summed E-state index contributed by atoms with van der Waals surface area (Å²) in [5.41, 5.74) is 4.77. The predicted octanol–water partition coefficient (Wildman–Crippen LogP) is 2.88. The normalized spacial score (nSPS) is 14.4. The highest BCUT2D eigenvalue weighted by Crippen LogP contribution is 2.29. The Morgan fingerprint density at radius 1 is 1.09 bits per heavy atom. The molecule has 0 spiro atoms. The number of rotatable bonds is 0. The first-order chi connectivity index (χ1) is 10.8. The van der Waals surface area contributed by atoms with Crippen molar-refractivity contribution < 1.29 is 0 Å². The van der Waals surface area contributed by atoms with Gasteiger partial charge in [0.2, 0.25) is 0 Å². The van der Waals surface area contributed by atoms with E-state index in [1.54, 1.807) is 6.20 Å². The zero-order valence-corrected chi connectivity index (χ0v) is 12.6. The van der Waals surface area contributed by atoms with Gasteiger partial charge in [-0.15, -0.1) is 0 Å². The topological polar surface area (TPSA) is 21.1 Å². The minimum atomic E-state index is 0.807. The van der Waals surface area contributed by atoms with Crippen LogP contribution < -0.4 is 0 Å². The van der Waals surface area contributed by atoms with Gasteiger partial charge in [0.25, 0.3) is 0 Å². The fourth-order valence-corrected chi connectivity index (χ4v) is 3.12. The molecule has 4 rings (SSSR count). The second-order valence-electron chi connectivity index (χ2n) is 5.72. The Hall–Kier alpha value is -2.57. The first kappa shape index (κ1) is 13.1. The van der Waals surface area contributed by atoms with Gasteiger partial charge >= 0.3 is 0 Å². The molecule has 0 bridgehead atoms. The Morgan fingerprint density at radius 2 is 1.95 bits per heavy atom. The molecule has 22 heavy (non-hydrogen) atoms. The average Bonchev–Trinajstić information content (AvgIpc) is 2.87. The van der Waals surface area contributed by atoms with Crippen LogP contribution in [0.4, 0.5) is 0 Å². The van der Waals surface area contributed by atoms with Crippen LogP contribution >= 0.6 is 0 Å². The first-order valence-electron chi connectivity index (χ1n) is 7.56. The van der Waals surface area contributed by atoms with E-state index >= 15 is 0 Å². The lowest BCUT2D eigenvalue weighted by Gasteiger charge is -2.23. The lowest BCUT2D eigenvalue weighted by Crippen LogP contribution is -2.27. The molecule has 3 aromatic rings. The van der Waals surface area contributed by atoms with Crippen molar-refractivity contribution in [3.05, 3.63) is 65.6 Å². The Labute approximate surface area is 130 Å². The van der Waals surface area contributed by atoms with Crippen molar-refractivity contribution in [2.45, 2.75) is 13.0 Å². The molecule has 1 aliphatic rings. The highest BCUT2D eigenvalue weighted by Gasteiger charge is 2.21. The van der Waals surface area contributed by atoms with Crippen molar-refractivity contribution >= 4 is 10.9 Å². The van der Waals surface area contributed by atoms with E-state index in [4.69, 9.17) is 0 Å². The predicted molar refractivity (Wildman–Crippen MR) is 88.5 cm³/mol. The summed E-state index contributed by atoms with van der Waals surface area (Å²) >= 11 is 0. The molecule has 1 aromatic carbocycles. The van der Waals surface area contributed by atoms with Crippen molar-refractivity contribution in [1.29, 1.82) is 0 Å². The molecule has 0 unspecified atom stereocenters. The number of nitrogens with zero attached hydrogens (tertiary/aromatic N) is 3. The van der Waals surface area contributed by atoms with Gasteiger partial charge in [0.05, 0.1) is 5.52 Å². The fourth-order valence-electron chi connectivity index (χ4n) is 3.12. The van der Waals surface area contributed by atoms with Gasteiger partial charge in [-0.25, -0.2) is 4.98 Å². The van der Waals surface area contributed by atoms with Crippen molar-refractivity contribution in [2.24, 2.45) is 0 Å². The van der Waals surface area contributed by atoms with E-state index in [1.165, 1.54) is 22.2 Å². The maximum absolute atomic E-state index is 4.29. The van der Waals surface area contributed by atoms with Crippen molar-refractivity contribution in [1.82, 2.24) is 14.5 Å². The molecular formula is C19H17N3. The van der Waals surface area contributed by atoms with Crippen molar-refractivity contribution in [3.8, 4) is 12.0 Å². The van der Waals surface area contributed by atoms with E-state index in [2.05, 4.69) is 57.7 Å². The molecule has 2 aromatic heterocycles. The number of fused-ring (bicyclic) bond motifs is 3. The molecule has 0 aliphatic carbocycles. The number of likely N-dealkylation sites (N-methyl/N-ethyl adjacent to an activating group) is 1. The van der Waals surface area contributed by atoms with Crippen LogP contribution in [0.3, 0.4) is 0 Å². The fraction of sp³-hybridized carbons (Fsp3) is 0.211. The second-order valence-corrected chi connectivity index (χ2v) is 5.72. The number of hydrogen-bond donors (Lipinski definition) is 0. The summed E-state index contributed by atoms with van der Waals surface area (Å²) in [6.45, 7) is 2.07. The van der Waals surface area contributed by atoms with Crippen LogP contribution in [0.15, 0.2) is 48.7 Å². The molecule has 108 valence electrons. The molecule has 0 fully saturated rings. The summed E-state index contributed by atoms with van der Waals surface area (Å²) in [4.78, 5) is 6.65. The zero-order valence-electron chi connectivity index (χ0n) is 12.6. The third kappa shape index (κ3) is 2.18. The van der Waals surface area contributed by atoms with Crippen LogP contribution in [-0.2, 0) is 13.0 Å². The quantitative estimate of drug-likeness (QED) is 0.593. The lowest BCUT2D eigenvalue weighted by atomic mass is 10.1. The van der Waals surface area contributed by atoms with E-state index in [0.29, 0.717) is 0 Å². The van der Waals surface area contributed by atoms with Gasteiger partial charge in [-0.1, -0.05) is 24.3 Å². The largest absolute Gasteiger partial charge is 0.302 e. The van der Waals surface area contributed by atoms with Crippen LogP contribution in [0, 0.1) is 12.0 Å². The minimum absolute atomic E-state index is 0.807. The molecule has 3 nitrogen and oxygen atoms in total. The smallest absolute Gasteiger partial charge is 0.114 e. The number of hydrogen-bond acceptors (Lipinski definition) is 2. The van der Waals surface area contributed by atoms with E-state index in [-0.39, 0.29) is 0 Å². The molecule has 1 aliphatic heterocycles. The second kappa shape index (κ2) is 5.32. The van der Waals surface area contributed by atoms with Crippen molar-refractivity contribution in [3.63, 3.8) is 0 Å². The number of benzene rings is 1. The molecule has 3 heterocycles. The molecule has 3 heteroatoms. The van der Waals surface area contributed by atoms with Gasteiger partial charge in [-0.05, 0) is 36.7 Å². The summed E-state index contributed by atoms with van der Waals surface area (Å²) in [5.74, 6) is 3.19. The first-order valence-corrected chi connectivity index (χ1v) is 7.56. The maximum Gasteiger partial charge on any atom is 0.114 e. The highest BCUT2D eigenvalue weighted by molar-refractivity contribution is 5.86. The molecule has 0 saturated heterocycles. The molecule has 0 amide bonds. The van der Waals surface area contributed by atoms with Gasteiger partial charge in [-0.2, -0.15) is 0 Å². The zero-order chi connectivity index (χ0) is 14.9. The minimum Gasteiger partial charge on any atom is -0.302 e. The van der Waals surface area contributed by atoms with Gasteiger partial charge in [0, 0.05) is 42.8 Å². The van der Waals surface area contributed by atoms with Crippen LogP contribution in [-0.4, -0.2) is 28.0 Å². The van der Waals surface area contributed by atoms with E-state index < -0.39 is 0 Å². The molecule has 0 N–H and O–H groups in total. The van der Waals surface area contributed by atoms with Crippen molar-refractivity contribution in [2.75, 3.05) is 13.6 Å². The monoisotopic (exact) mass is 287 g/mol. The number of pyridine rings is 1. The van der Waals surface area contributed by atoms with E-state index in [9.17, 15) is 0 Å². The van der Waals surface area contributed by atoms with Crippen LogP contribution in [0.2, 0.25) is 0 Å². The molecular weight excluding hydrogens is 270 g/mol. The van der Waals surface area contributed by atoms with Gasteiger partial charge in [0.1, 0.15) is 5.69 Å². The summed E-state index contributed by atoms with van der Waals surface area (Å²) in [6.07, 6.45) is 2.82. The Balaban J connectivity index is 1.89. The molecule has 0 saturated carbocycles. The molecule has 0 radical (unpaired) electrons. The van der Waals surface area contributed by atoms with Gasteiger partial charge < -0.3 is 4.90 Å². The van der Waals surface area contributed by atoms with Crippen LogP contribution in [0.5, 0.6) is 0 Å². The SMILES string of the molecule is CN1CCc2c(c3ccccc3n2C#Cc2ccccn2)C1. The lowest BCUT2D eigenvalue weighted by molar-refractivity contribution is 0.311. The summed E-state index contributed by atoms with van der Waals surface area (Å²) in [5, 5.41) is 1.32. The van der Waals surface area contributed by atoms with Gasteiger partial charge in [0.15, 0.2) is 0 Å². The Bertz CT molecular complexity index is 881. The Morgan fingerprint density at radius 3 is 2.82 bits per heavy atom. The summed E-state index contributed by atoms with van der Waals surface area (Å²) in [7, 11) is 2.18. The van der Waals surface area contributed by atoms with Gasteiger partial charge in [-0.3, -0.25) is 4.57 Å². The maximum atomic E-state index is 4.29. The standard InChI is InChI=1S/C19H17N3/c1-21-12-10-19-17(14-21)16-7-2-3-8-18(16)22(19)13-9-15-6-4-5-11-20-15/h2-8,11H,10,12,14H2,1H3. The highest BCUT2D eigenvalue weighted by atomic mass is 15.1. The van der Waals surface area contributed by atoms with Crippen LogP contribution in [0.25, 0.3) is 10.9 Å². The molecule has 0 atom stereocenters.